The number of tetrazole rings is 1. The fourth-order valence-corrected chi connectivity index (χ4v) is 7.51. The van der Waals surface area contributed by atoms with Crippen LogP contribution < -0.4 is 15.8 Å². The highest BCUT2D eigenvalue weighted by molar-refractivity contribution is 8.05. The molecule has 0 aliphatic carbocycles. The molecule has 5 N–H and O–H groups in total. The molecule has 0 saturated carbocycles. The van der Waals surface area contributed by atoms with Crippen molar-refractivity contribution in [3.8, 4) is 22.5 Å². The highest BCUT2D eigenvalue weighted by atomic mass is 32.3. The number of nitrogens with zero attached hydrogens (tertiary/aromatic N) is 5. The summed E-state index contributed by atoms with van der Waals surface area (Å²) in [6.45, 7) is 0.299. The Bertz CT molecular complexity index is 1280. The van der Waals surface area contributed by atoms with Crippen LogP contribution in [0.25, 0.3) is 22.5 Å². The Balaban J connectivity index is 2.01. The zero-order chi connectivity index (χ0) is 20.6. The number of pyridine rings is 1. The number of aromatic amines is 1. The van der Waals surface area contributed by atoms with E-state index in [1.54, 1.807) is 31.4 Å². The minimum atomic E-state index is -4.25. The van der Waals surface area contributed by atoms with Crippen LogP contribution in [0.3, 0.4) is 0 Å². The van der Waals surface area contributed by atoms with Gasteiger partial charge in [0, 0.05) is 31.9 Å². The summed E-state index contributed by atoms with van der Waals surface area (Å²) >= 11 is 0. The van der Waals surface area contributed by atoms with E-state index >= 15 is 0 Å². The fourth-order valence-electron chi connectivity index (χ4n) is 2.99. The molecule has 3 heterocycles. The Kier molecular flexibility index (Phi) is 4.77. The first kappa shape index (κ1) is 19.4. The molecular weight excluding hydrogens is 418 g/mol. The predicted octanol–water partition coefficient (Wildman–Crippen LogP) is -0.0371. The molecule has 1 unspecified atom stereocenters. The molecule has 29 heavy (non-hydrogen) atoms. The van der Waals surface area contributed by atoms with Gasteiger partial charge in [-0.15, -0.1) is 10.2 Å². The van der Waals surface area contributed by atoms with E-state index in [0.717, 1.165) is 0 Å². The number of H-pyrrole nitrogens is 1. The van der Waals surface area contributed by atoms with Gasteiger partial charge >= 0.3 is 0 Å². The van der Waals surface area contributed by atoms with E-state index < -0.39 is 19.9 Å². The molecule has 0 amide bonds. The van der Waals surface area contributed by atoms with E-state index in [0.29, 0.717) is 16.9 Å². The predicted molar refractivity (Wildman–Crippen MR) is 105 cm³/mol. The monoisotopic (exact) mass is 435 g/mol. The normalized spacial score (nSPS) is 19.5. The molecule has 4 rings (SSSR count). The second-order valence-electron chi connectivity index (χ2n) is 5.99. The van der Waals surface area contributed by atoms with Crippen LogP contribution in [0.2, 0.25) is 0 Å². The first-order valence-electron chi connectivity index (χ1n) is 8.43. The summed E-state index contributed by atoms with van der Waals surface area (Å²) in [4.78, 5) is 4.08. The molecule has 0 spiro atoms. The number of rotatable bonds is 6. The van der Waals surface area contributed by atoms with Crippen molar-refractivity contribution in [2.24, 2.45) is 9.50 Å². The number of hydrogen-bond donors (Lipinski definition) is 4. The number of nitrogens with two attached hydrogens (primary N) is 1. The number of benzene rings is 1. The molecule has 152 valence electrons. The molecular formula is C15H17N9O3S2. The molecule has 1 aromatic carbocycles. The van der Waals surface area contributed by atoms with Crippen molar-refractivity contribution in [2.45, 2.75) is 9.79 Å². The van der Waals surface area contributed by atoms with Crippen molar-refractivity contribution >= 4 is 25.8 Å². The SMILES string of the molecule is CNc1ccc(-c2ccc3c(c2-c2nn[nH]n2)S(=O)(=O)N=S3(=O)NCCN)cn1. The van der Waals surface area contributed by atoms with Crippen LogP contribution in [-0.2, 0) is 19.9 Å². The maximum absolute atomic E-state index is 13.2. The van der Waals surface area contributed by atoms with Crippen LogP contribution in [0.1, 0.15) is 0 Å². The molecule has 14 heteroatoms. The average Bonchev–Trinajstić information content (AvgIpc) is 3.31. The van der Waals surface area contributed by atoms with Gasteiger partial charge in [-0.1, -0.05) is 9.83 Å². The number of aromatic nitrogens is 5. The highest BCUT2D eigenvalue weighted by Gasteiger charge is 2.39. The zero-order valence-corrected chi connectivity index (χ0v) is 16.8. The third-order valence-electron chi connectivity index (χ3n) is 4.22. The number of sulfonamides is 1. The third kappa shape index (κ3) is 3.25. The summed E-state index contributed by atoms with van der Waals surface area (Å²) in [7, 11) is -5.93. The Morgan fingerprint density at radius 1 is 1.17 bits per heavy atom. The molecule has 12 nitrogen and oxygen atoms in total. The van der Waals surface area contributed by atoms with E-state index in [-0.39, 0.29) is 34.3 Å². The first-order chi connectivity index (χ1) is 13.9. The fraction of sp³-hybridized carbons (Fsp3) is 0.200. The summed E-state index contributed by atoms with van der Waals surface area (Å²) in [6.07, 6.45) is 1.58. The molecule has 2 aromatic heterocycles. The maximum Gasteiger partial charge on any atom is 0.293 e. The summed E-state index contributed by atoms with van der Waals surface area (Å²) in [5.41, 5.74) is 6.72. The molecule has 0 saturated heterocycles. The summed E-state index contributed by atoms with van der Waals surface area (Å²) in [5.74, 6) is 0.684. The van der Waals surface area contributed by atoms with E-state index in [4.69, 9.17) is 5.73 Å². The lowest BCUT2D eigenvalue weighted by Gasteiger charge is -2.13. The summed E-state index contributed by atoms with van der Waals surface area (Å²) in [6, 6.07) is 6.63. The van der Waals surface area contributed by atoms with Crippen LogP contribution in [0.5, 0.6) is 0 Å². The molecule has 1 atom stereocenters. The van der Waals surface area contributed by atoms with Crippen LogP contribution in [-0.4, -0.2) is 58.4 Å². The second kappa shape index (κ2) is 7.14. The van der Waals surface area contributed by atoms with Gasteiger partial charge in [-0.2, -0.15) is 13.6 Å². The van der Waals surface area contributed by atoms with Gasteiger partial charge in [0.2, 0.25) is 5.82 Å². The molecule has 1 aliphatic rings. The number of nitrogens with one attached hydrogen (secondary N) is 3. The van der Waals surface area contributed by atoms with Crippen LogP contribution >= 0.6 is 0 Å². The third-order valence-corrected chi connectivity index (χ3v) is 8.45. The van der Waals surface area contributed by atoms with E-state index in [2.05, 4.69) is 39.4 Å². The quantitative estimate of drug-likeness (QED) is 0.413. The van der Waals surface area contributed by atoms with Crippen LogP contribution in [0.15, 0.2) is 44.0 Å². The van der Waals surface area contributed by atoms with Gasteiger partial charge < -0.3 is 11.1 Å². The van der Waals surface area contributed by atoms with Crippen LogP contribution in [0.4, 0.5) is 5.82 Å². The van der Waals surface area contributed by atoms with Crippen molar-refractivity contribution in [3.63, 3.8) is 0 Å². The lowest BCUT2D eigenvalue weighted by Crippen LogP contribution is -2.28. The number of hydrogen-bond acceptors (Lipinski definition) is 9. The van der Waals surface area contributed by atoms with Crippen molar-refractivity contribution in [3.05, 3.63) is 30.5 Å². The van der Waals surface area contributed by atoms with Gasteiger partial charge in [-0.05, 0) is 29.0 Å². The minimum Gasteiger partial charge on any atom is -0.373 e. The van der Waals surface area contributed by atoms with Crippen molar-refractivity contribution in [2.75, 3.05) is 25.5 Å². The van der Waals surface area contributed by atoms with Gasteiger partial charge in [0.15, 0.2) is 9.92 Å². The van der Waals surface area contributed by atoms with E-state index in [9.17, 15) is 12.6 Å². The minimum absolute atomic E-state index is 0.0364. The Labute approximate surface area is 166 Å². The second-order valence-corrected chi connectivity index (χ2v) is 9.73. The van der Waals surface area contributed by atoms with E-state index in [1.807, 2.05) is 0 Å². The summed E-state index contributed by atoms with van der Waals surface area (Å²) in [5, 5.41) is 16.6. The molecule has 0 fully saturated rings. The van der Waals surface area contributed by atoms with Crippen molar-refractivity contribution < 1.29 is 12.6 Å². The van der Waals surface area contributed by atoms with E-state index in [1.165, 1.54) is 6.07 Å². The van der Waals surface area contributed by atoms with Gasteiger partial charge in [-0.25, -0.2) is 13.9 Å². The maximum atomic E-state index is 13.2. The van der Waals surface area contributed by atoms with Gasteiger partial charge in [-0.3, -0.25) is 0 Å². The Hall–Kier alpha value is -2.94. The molecule has 0 bridgehead atoms. The Morgan fingerprint density at radius 2 is 2.00 bits per heavy atom. The standard InChI is InChI=1S/C15H17N9O3S2/c1-17-12-5-2-9(8-18-12)10-3-4-11-14(13(10)15-20-22-23-21-15)29(26,27)24-28(11,25)19-7-6-16/h2-5,8H,6-7,16H2,1H3,(H,17,18)(H,19,24,25)(H,20,21,22,23). The zero-order valence-electron chi connectivity index (χ0n) is 15.2. The van der Waals surface area contributed by atoms with Crippen molar-refractivity contribution in [1.82, 2.24) is 30.3 Å². The van der Waals surface area contributed by atoms with Gasteiger partial charge in [0.05, 0.1) is 10.5 Å². The number of anilines is 1. The lowest BCUT2D eigenvalue weighted by molar-refractivity contribution is 0.598. The Morgan fingerprint density at radius 3 is 2.62 bits per heavy atom. The lowest BCUT2D eigenvalue weighted by atomic mass is 10.0. The molecule has 0 radical (unpaired) electrons. The van der Waals surface area contributed by atoms with Gasteiger partial charge in [0.1, 0.15) is 10.7 Å². The largest absolute Gasteiger partial charge is 0.373 e. The molecule has 3 aromatic rings. The number of fused-ring (bicyclic) bond motifs is 1. The smallest absolute Gasteiger partial charge is 0.293 e. The van der Waals surface area contributed by atoms with Gasteiger partial charge in [0.25, 0.3) is 10.0 Å². The average molecular weight is 435 g/mol. The topological polar surface area (TPSA) is 181 Å². The van der Waals surface area contributed by atoms with Crippen molar-refractivity contribution in [1.29, 1.82) is 0 Å². The van der Waals surface area contributed by atoms with Crippen LogP contribution in [0, 0.1) is 0 Å². The summed E-state index contributed by atoms with van der Waals surface area (Å²) < 4.78 is 45.3. The molecule has 1 aliphatic heterocycles. The first-order valence-corrected chi connectivity index (χ1v) is 11.4. The highest BCUT2D eigenvalue weighted by Crippen LogP contribution is 2.43.